The van der Waals surface area contributed by atoms with Crippen LogP contribution in [0.15, 0.2) is 59.5 Å². The molecule has 2 saturated heterocycles. The molecule has 0 aliphatic carbocycles. The van der Waals surface area contributed by atoms with Crippen LogP contribution in [0, 0.1) is 5.92 Å². The van der Waals surface area contributed by atoms with Gasteiger partial charge in [-0.05, 0) is 79.9 Å². The van der Waals surface area contributed by atoms with Crippen molar-refractivity contribution < 1.29 is 0 Å². The molecule has 2 fully saturated rings. The van der Waals surface area contributed by atoms with Gasteiger partial charge in [-0.1, -0.05) is 49.4 Å². The minimum absolute atomic E-state index is 0.815. The monoisotopic (exact) mass is 366 g/mol. The topological polar surface area (TPSA) is 6.48 Å². The molecule has 2 aliphatic heterocycles. The average molecular weight is 367 g/mol. The first-order chi connectivity index (χ1) is 12.8. The van der Waals surface area contributed by atoms with Crippen LogP contribution in [-0.2, 0) is 0 Å². The summed E-state index contributed by atoms with van der Waals surface area (Å²) in [6.45, 7) is 7.45. The highest BCUT2D eigenvalue weighted by molar-refractivity contribution is 7.97. The molecule has 4 rings (SSSR count). The van der Waals surface area contributed by atoms with E-state index in [9.17, 15) is 0 Å². The fourth-order valence-electron chi connectivity index (χ4n) is 4.20. The predicted molar refractivity (Wildman–Crippen MR) is 112 cm³/mol. The van der Waals surface area contributed by atoms with Crippen molar-refractivity contribution >= 4 is 11.9 Å². The summed E-state index contributed by atoms with van der Waals surface area (Å²) in [6.07, 6.45) is 5.42. The molecule has 138 valence electrons. The van der Waals surface area contributed by atoms with E-state index in [4.69, 9.17) is 0 Å². The van der Waals surface area contributed by atoms with Crippen molar-refractivity contribution in [2.24, 2.45) is 5.92 Å². The lowest BCUT2D eigenvalue weighted by Gasteiger charge is -2.41. The van der Waals surface area contributed by atoms with Gasteiger partial charge in [0.25, 0.3) is 0 Å². The molecule has 2 nitrogen and oxygen atoms in total. The van der Waals surface area contributed by atoms with Crippen LogP contribution in [0.5, 0.6) is 0 Å². The number of likely N-dealkylation sites (tertiary alicyclic amines) is 1. The third kappa shape index (κ3) is 4.51. The molecule has 0 saturated carbocycles. The third-order valence-electron chi connectivity index (χ3n) is 5.93. The normalized spacial score (nSPS) is 21.1. The van der Waals surface area contributed by atoms with Gasteiger partial charge in [0.05, 0.1) is 0 Å². The highest BCUT2D eigenvalue weighted by atomic mass is 32.2. The molecule has 26 heavy (non-hydrogen) atoms. The van der Waals surface area contributed by atoms with Crippen LogP contribution < -0.4 is 0 Å². The van der Waals surface area contributed by atoms with E-state index in [0.29, 0.717) is 0 Å². The fourth-order valence-corrected chi connectivity index (χ4v) is 5.22. The molecule has 0 radical (unpaired) electrons. The molecule has 0 unspecified atom stereocenters. The van der Waals surface area contributed by atoms with Crippen LogP contribution in [0.3, 0.4) is 0 Å². The Kier molecular flexibility index (Phi) is 5.98. The van der Waals surface area contributed by atoms with E-state index in [1.165, 1.54) is 67.9 Å². The summed E-state index contributed by atoms with van der Waals surface area (Å²) in [4.78, 5) is 4.12. The van der Waals surface area contributed by atoms with Crippen molar-refractivity contribution in [3.05, 3.63) is 54.6 Å². The summed E-state index contributed by atoms with van der Waals surface area (Å²) in [7, 11) is 0. The van der Waals surface area contributed by atoms with Crippen LogP contribution in [-0.4, -0.2) is 41.4 Å². The highest BCUT2D eigenvalue weighted by Crippen LogP contribution is 2.31. The van der Waals surface area contributed by atoms with Crippen molar-refractivity contribution in [3.8, 4) is 11.1 Å². The second kappa shape index (κ2) is 8.60. The van der Waals surface area contributed by atoms with Crippen molar-refractivity contribution in [1.29, 1.82) is 0 Å². The molecule has 0 bridgehead atoms. The van der Waals surface area contributed by atoms with Crippen LogP contribution in [0.4, 0.5) is 0 Å². The van der Waals surface area contributed by atoms with E-state index in [2.05, 4.69) is 70.7 Å². The lowest BCUT2D eigenvalue weighted by Crippen LogP contribution is -2.46. The van der Waals surface area contributed by atoms with Crippen LogP contribution in [0.2, 0.25) is 0 Å². The molecule has 2 aromatic rings. The summed E-state index contributed by atoms with van der Waals surface area (Å²) in [5.41, 5.74) is 2.61. The summed E-state index contributed by atoms with van der Waals surface area (Å²) in [6, 6.07) is 20.5. The maximum Gasteiger partial charge on any atom is 0.0236 e. The van der Waals surface area contributed by atoms with Gasteiger partial charge in [-0.15, -0.1) is 0 Å². The fraction of sp³-hybridized carbons (Fsp3) is 0.478. The molecule has 2 heterocycles. The number of hydrogen-bond acceptors (Lipinski definition) is 3. The number of rotatable bonds is 4. The Bertz CT molecular complexity index is 686. The molecule has 2 aliphatic rings. The van der Waals surface area contributed by atoms with Gasteiger partial charge in [-0.2, -0.15) is 0 Å². The smallest absolute Gasteiger partial charge is 0.0236 e. The van der Waals surface area contributed by atoms with Gasteiger partial charge in [-0.3, -0.25) is 0 Å². The minimum Gasteiger partial charge on any atom is -0.300 e. The zero-order valence-electron chi connectivity index (χ0n) is 15.8. The quantitative estimate of drug-likeness (QED) is 0.654. The minimum atomic E-state index is 0.815. The Morgan fingerprint density at radius 2 is 1.46 bits per heavy atom. The number of piperidine rings is 2. The van der Waals surface area contributed by atoms with Gasteiger partial charge < -0.3 is 4.90 Å². The van der Waals surface area contributed by atoms with E-state index in [0.717, 1.165) is 12.0 Å². The maximum absolute atomic E-state index is 2.76. The SMILES string of the molecule is CC1CCN(C2CCN(Sc3cccc(-c4ccccc4)c3)CC2)CC1. The van der Waals surface area contributed by atoms with Crippen molar-refractivity contribution in [3.63, 3.8) is 0 Å². The molecule has 0 amide bonds. The van der Waals surface area contributed by atoms with Crippen molar-refractivity contribution in [2.45, 2.75) is 43.5 Å². The maximum atomic E-state index is 2.76. The lowest BCUT2D eigenvalue weighted by molar-refractivity contribution is 0.103. The van der Waals surface area contributed by atoms with E-state index >= 15 is 0 Å². The second-order valence-electron chi connectivity index (χ2n) is 7.86. The molecule has 3 heteroatoms. The Morgan fingerprint density at radius 1 is 0.769 bits per heavy atom. The number of nitrogens with zero attached hydrogens (tertiary/aromatic N) is 2. The molecule has 0 aromatic heterocycles. The summed E-state index contributed by atoms with van der Waals surface area (Å²) < 4.78 is 2.56. The van der Waals surface area contributed by atoms with Crippen molar-refractivity contribution in [2.75, 3.05) is 26.2 Å². The summed E-state index contributed by atoms with van der Waals surface area (Å²) in [5, 5.41) is 0. The highest BCUT2D eigenvalue weighted by Gasteiger charge is 2.27. The number of benzene rings is 2. The van der Waals surface area contributed by atoms with E-state index in [1.54, 1.807) is 0 Å². The van der Waals surface area contributed by atoms with Crippen molar-refractivity contribution in [1.82, 2.24) is 9.21 Å². The molecule has 0 atom stereocenters. The van der Waals surface area contributed by atoms with Crippen LogP contribution in [0.1, 0.15) is 32.6 Å². The Hall–Kier alpha value is -1.29. The van der Waals surface area contributed by atoms with Gasteiger partial charge in [0, 0.05) is 24.0 Å². The first kappa shape index (κ1) is 18.1. The Morgan fingerprint density at radius 3 is 2.19 bits per heavy atom. The van der Waals surface area contributed by atoms with E-state index in [-0.39, 0.29) is 0 Å². The lowest BCUT2D eigenvalue weighted by atomic mass is 9.95. The van der Waals surface area contributed by atoms with Crippen LogP contribution in [0.25, 0.3) is 11.1 Å². The predicted octanol–water partition coefficient (Wildman–Crippen LogP) is 5.56. The van der Waals surface area contributed by atoms with Gasteiger partial charge in [0.15, 0.2) is 0 Å². The Labute approximate surface area is 162 Å². The first-order valence-electron chi connectivity index (χ1n) is 10.1. The average Bonchev–Trinajstić information content (AvgIpc) is 2.70. The van der Waals surface area contributed by atoms with Gasteiger partial charge in [0.2, 0.25) is 0 Å². The Balaban J connectivity index is 1.32. The zero-order chi connectivity index (χ0) is 17.8. The molecular weight excluding hydrogens is 336 g/mol. The van der Waals surface area contributed by atoms with Gasteiger partial charge >= 0.3 is 0 Å². The molecular formula is C23H30N2S. The number of hydrogen-bond donors (Lipinski definition) is 0. The third-order valence-corrected chi connectivity index (χ3v) is 7.02. The molecule has 0 N–H and O–H groups in total. The molecule has 0 spiro atoms. The second-order valence-corrected chi connectivity index (χ2v) is 9.03. The van der Waals surface area contributed by atoms with Gasteiger partial charge in [0.1, 0.15) is 0 Å². The van der Waals surface area contributed by atoms with E-state index in [1.807, 2.05) is 11.9 Å². The van der Waals surface area contributed by atoms with E-state index < -0.39 is 0 Å². The zero-order valence-corrected chi connectivity index (χ0v) is 16.6. The van der Waals surface area contributed by atoms with Crippen LogP contribution >= 0.6 is 11.9 Å². The summed E-state index contributed by atoms with van der Waals surface area (Å²) in [5.74, 6) is 0.929. The standard InChI is InChI=1S/C23H30N2S/c1-19-10-14-24(15-11-19)22-12-16-25(17-13-22)26-23-9-5-8-21(18-23)20-6-3-2-4-7-20/h2-9,18-19,22H,10-17H2,1H3. The first-order valence-corrected chi connectivity index (χ1v) is 10.9. The largest absolute Gasteiger partial charge is 0.300 e. The summed E-state index contributed by atoms with van der Waals surface area (Å²) >= 11 is 1.94. The van der Waals surface area contributed by atoms with Gasteiger partial charge in [-0.25, -0.2) is 4.31 Å². The molecule has 2 aromatic carbocycles.